The van der Waals surface area contributed by atoms with Crippen LogP contribution in [-0.4, -0.2) is 31.7 Å². The van der Waals surface area contributed by atoms with Crippen molar-refractivity contribution in [1.29, 1.82) is 0 Å². The molecule has 0 spiro atoms. The zero-order valence-corrected chi connectivity index (χ0v) is 14.8. The lowest BCUT2D eigenvalue weighted by Crippen LogP contribution is -2.37. The molecule has 7 heteroatoms. The van der Waals surface area contributed by atoms with Gasteiger partial charge in [0.1, 0.15) is 0 Å². The number of carbonyl (C=O) groups is 2. The summed E-state index contributed by atoms with van der Waals surface area (Å²) in [5.74, 6) is -1.33. The number of carboxylic acid groups (broad SMARTS) is 1. The van der Waals surface area contributed by atoms with E-state index in [1.807, 2.05) is 0 Å². The van der Waals surface area contributed by atoms with E-state index in [1.165, 1.54) is 12.1 Å². The second kappa shape index (κ2) is 6.93. The summed E-state index contributed by atoms with van der Waals surface area (Å²) in [5, 5.41) is 12.2. The lowest BCUT2D eigenvalue weighted by Gasteiger charge is -2.32. The minimum absolute atomic E-state index is 0.0924. The van der Waals surface area contributed by atoms with Crippen LogP contribution in [0.2, 0.25) is 0 Å². The maximum Gasteiger partial charge on any atom is 0.310 e. The zero-order valence-electron chi connectivity index (χ0n) is 14.0. The molecule has 0 bridgehead atoms. The van der Waals surface area contributed by atoms with Gasteiger partial charge in [-0.25, -0.2) is 8.42 Å². The summed E-state index contributed by atoms with van der Waals surface area (Å²) < 4.78 is 23.3. The SMILES string of the molecule is Cc1ccc(S(C)(=O)=O)cc1NC(=O)CC1(C(=O)O)CCCCC1. The van der Waals surface area contributed by atoms with Gasteiger partial charge in [0, 0.05) is 18.4 Å². The number of hydrogen-bond acceptors (Lipinski definition) is 4. The Kier molecular flexibility index (Phi) is 5.32. The van der Waals surface area contributed by atoms with Crippen molar-refractivity contribution in [1.82, 2.24) is 0 Å². The number of carboxylic acids is 1. The van der Waals surface area contributed by atoms with Crippen LogP contribution in [0.3, 0.4) is 0 Å². The molecule has 0 heterocycles. The first-order chi connectivity index (χ1) is 11.1. The van der Waals surface area contributed by atoms with E-state index in [1.54, 1.807) is 13.0 Å². The summed E-state index contributed by atoms with van der Waals surface area (Å²) in [6, 6.07) is 4.52. The second-order valence-corrected chi connectivity index (χ2v) is 8.64. The van der Waals surface area contributed by atoms with Gasteiger partial charge in [-0.1, -0.05) is 25.3 Å². The molecule has 0 saturated heterocycles. The Morgan fingerprint density at radius 1 is 1.21 bits per heavy atom. The van der Waals surface area contributed by atoms with Crippen LogP contribution in [0, 0.1) is 12.3 Å². The summed E-state index contributed by atoms with van der Waals surface area (Å²) >= 11 is 0. The lowest BCUT2D eigenvalue weighted by molar-refractivity contribution is -0.153. The number of rotatable bonds is 5. The van der Waals surface area contributed by atoms with E-state index in [0.29, 0.717) is 18.5 Å². The lowest BCUT2D eigenvalue weighted by atomic mass is 9.71. The Bertz CT molecular complexity index is 748. The predicted molar refractivity (Wildman–Crippen MR) is 90.7 cm³/mol. The van der Waals surface area contributed by atoms with Crippen molar-refractivity contribution in [3.8, 4) is 0 Å². The molecule has 1 aliphatic rings. The van der Waals surface area contributed by atoms with Crippen LogP contribution in [0.5, 0.6) is 0 Å². The highest BCUT2D eigenvalue weighted by Gasteiger charge is 2.41. The number of anilines is 1. The standard InChI is InChI=1S/C17H23NO5S/c1-12-6-7-13(24(2,22)23)10-14(12)18-15(19)11-17(16(20)21)8-4-3-5-9-17/h6-7,10H,3-5,8-9,11H2,1-2H3,(H,18,19)(H,20,21). The Morgan fingerprint density at radius 3 is 2.38 bits per heavy atom. The summed E-state index contributed by atoms with van der Waals surface area (Å²) in [4.78, 5) is 24.2. The molecular formula is C17H23NO5S. The third-order valence-electron chi connectivity index (χ3n) is 4.67. The van der Waals surface area contributed by atoms with Crippen LogP contribution < -0.4 is 5.32 Å². The van der Waals surface area contributed by atoms with E-state index < -0.39 is 27.1 Å². The van der Waals surface area contributed by atoms with Crippen LogP contribution in [0.15, 0.2) is 23.1 Å². The van der Waals surface area contributed by atoms with Gasteiger partial charge in [0.2, 0.25) is 5.91 Å². The van der Waals surface area contributed by atoms with Crippen LogP contribution in [0.4, 0.5) is 5.69 Å². The maximum absolute atomic E-state index is 12.4. The normalized spacial score (nSPS) is 17.2. The molecular weight excluding hydrogens is 330 g/mol. The molecule has 0 radical (unpaired) electrons. The average Bonchev–Trinajstić information content (AvgIpc) is 2.49. The first-order valence-electron chi connectivity index (χ1n) is 7.98. The molecule has 24 heavy (non-hydrogen) atoms. The van der Waals surface area contributed by atoms with Gasteiger partial charge in [0.15, 0.2) is 9.84 Å². The Hall–Kier alpha value is -1.89. The summed E-state index contributed by atoms with van der Waals surface area (Å²) in [5.41, 5.74) is 0.119. The van der Waals surface area contributed by atoms with Gasteiger partial charge in [-0.3, -0.25) is 9.59 Å². The first kappa shape index (κ1) is 18.4. The van der Waals surface area contributed by atoms with Gasteiger partial charge in [-0.2, -0.15) is 0 Å². The largest absolute Gasteiger partial charge is 0.481 e. The minimum atomic E-state index is -3.38. The molecule has 2 N–H and O–H groups in total. The number of sulfone groups is 1. The zero-order chi connectivity index (χ0) is 18.0. The average molecular weight is 353 g/mol. The summed E-state index contributed by atoms with van der Waals surface area (Å²) in [6.45, 7) is 1.76. The van der Waals surface area contributed by atoms with Crippen molar-refractivity contribution < 1.29 is 23.1 Å². The van der Waals surface area contributed by atoms with Crippen LogP contribution in [0.25, 0.3) is 0 Å². The van der Waals surface area contributed by atoms with E-state index >= 15 is 0 Å². The number of aryl methyl sites for hydroxylation is 1. The van der Waals surface area contributed by atoms with Gasteiger partial charge in [0.05, 0.1) is 10.3 Å². The molecule has 1 amide bonds. The first-order valence-corrected chi connectivity index (χ1v) is 9.87. The minimum Gasteiger partial charge on any atom is -0.481 e. The van der Waals surface area contributed by atoms with Crippen molar-refractivity contribution in [2.24, 2.45) is 5.41 Å². The molecule has 2 rings (SSSR count). The summed E-state index contributed by atoms with van der Waals surface area (Å²) in [7, 11) is -3.38. The van der Waals surface area contributed by atoms with Crippen LogP contribution in [-0.2, 0) is 19.4 Å². The van der Waals surface area contributed by atoms with Crippen LogP contribution in [0.1, 0.15) is 44.1 Å². The van der Waals surface area contributed by atoms with Crippen molar-refractivity contribution in [3.05, 3.63) is 23.8 Å². The molecule has 1 saturated carbocycles. The Labute approximate surface area is 142 Å². The topological polar surface area (TPSA) is 101 Å². The van der Waals surface area contributed by atoms with Gasteiger partial charge in [0.25, 0.3) is 0 Å². The fourth-order valence-corrected chi connectivity index (χ4v) is 3.81. The molecule has 6 nitrogen and oxygen atoms in total. The van der Waals surface area contributed by atoms with Gasteiger partial charge >= 0.3 is 5.97 Å². The number of hydrogen-bond donors (Lipinski definition) is 2. The molecule has 1 aromatic rings. The maximum atomic E-state index is 12.4. The third kappa shape index (κ3) is 4.14. The summed E-state index contributed by atoms with van der Waals surface area (Å²) in [6.07, 6.45) is 4.61. The van der Waals surface area contributed by atoms with Gasteiger partial charge < -0.3 is 10.4 Å². The number of carbonyl (C=O) groups excluding carboxylic acids is 1. The molecule has 0 aromatic heterocycles. The van der Waals surface area contributed by atoms with Crippen molar-refractivity contribution in [2.45, 2.75) is 50.3 Å². The number of nitrogens with one attached hydrogen (secondary N) is 1. The van der Waals surface area contributed by atoms with E-state index in [-0.39, 0.29) is 11.3 Å². The van der Waals surface area contributed by atoms with E-state index in [9.17, 15) is 23.1 Å². The van der Waals surface area contributed by atoms with Crippen molar-refractivity contribution in [3.63, 3.8) is 0 Å². The highest BCUT2D eigenvalue weighted by molar-refractivity contribution is 7.90. The quantitative estimate of drug-likeness (QED) is 0.848. The second-order valence-electron chi connectivity index (χ2n) is 6.62. The third-order valence-corrected chi connectivity index (χ3v) is 5.78. The molecule has 0 atom stereocenters. The van der Waals surface area contributed by atoms with Gasteiger partial charge in [-0.05, 0) is 37.5 Å². The predicted octanol–water partition coefficient (Wildman–Crippen LogP) is 2.76. The highest BCUT2D eigenvalue weighted by atomic mass is 32.2. The fraction of sp³-hybridized carbons (Fsp3) is 0.529. The Balaban J connectivity index is 2.19. The van der Waals surface area contributed by atoms with Crippen molar-refractivity contribution >= 4 is 27.4 Å². The monoisotopic (exact) mass is 353 g/mol. The van der Waals surface area contributed by atoms with Crippen molar-refractivity contribution in [2.75, 3.05) is 11.6 Å². The smallest absolute Gasteiger partial charge is 0.310 e. The van der Waals surface area contributed by atoms with Crippen LogP contribution >= 0.6 is 0 Å². The van der Waals surface area contributed by atoms with Gasteiger partial charge in [-0.15, -0.1) is 0 Å². The molecule has 1 fully saturated rings. The highest BCUT2D eigenvalue weighted by Crippen LogP contribution is 2.40. The number of benzene rings is 1. The van der Waals surface area contributed by atoms with E-state index in [4.69, 9.17) is 0 Å². The van der Waals surface area contributed by atoms with E-state index in [0.717, 1.165) is 31.1 Å². The Morgan fingerprint density at radius 2 is 1.83 bits per heavy atom. The van der Waals surface area contributed by atoms with E-state index in [2.05, 4.69) is 5.32 Å². The molecule has 1 aromatic carbocycles. The molecule has 0 unspecified atom stereocenters. The fourth-order valence-electron chi connectivity index (χ4n) is 3.16. The molecule has 0 aliphatic heterocycles. The molecule has 1 aliphatic carbocycles. The number of aliphatic carboxylic acids is 1. The molecule has 132 valence electrons. The number of amides is 1.